The molecule has 0 saturated carbocycles. The molecular weight excluding hydrogens is 507 g/mol. The summed E-state index contributed by atoms with van der Waals surface area (Å²) >= 11 is 18.1. The second kappa shape index (κ2) is 9.80. The normalized spacial score (nSPS) is 24.7. The van der Waals surface area contributed by atoms with Crippen molar-refractivity contribution in [2.24, 2.45) is 4.99 Å². The highest BCUT2D eigenvalue weighted by atomic mass is 79.9. The molecule has 2 fully saturated rings. The lowest BCUT2D eigenvalue weighted by atomic mass is 10.0. The van der Waals surface area contributed by atoms with Crippen LogP contribution in [-0.2, 0) is 15.3 Å². The summed E-state index contributed by atoms with van der Waals surface area (Å²) in [4.78, 5) is 7.06. The van der Waals surface area contributed by atoms with Gasteiger partial charge in [-0.05, 0) is 25.1 Å². The number of thioether (sulfide) groups is 1. The molecule has 0 unspecified atom stereocenters. The lowest BCUT2D eigenvalue weighted by Crippen LogP contribution is -2.31. The summed E-state index contributed by atoms with van der Waals surface area (Å²) < 4.78 is 12.7. The summed E-state index contributed by atoms with van der Waals surface area (Å²) in [5.41, 5.74) is 3.84. The van der Waals surface area contributed by atoms with Gasteiger partial charge in [-0.3, -0.25) is 0 Å². The molecule has 4 rings (SSSR count). The number of nitrogens with zero attached hydrogens (tertiary/aromatic N) is 2. The van der Waals surface area contributed by atoms with Crippen LogP contribution >= 0.6 is 50.9 Å². The van der Waals surface area contributed by atoms with E-state index in [9.17, 15) is 0 Å². The number of aryl methyl sites for hydroxylation is 1. The number of halogens is 3. The van der Waals surface area contributed by atoms with Gasteiger partial charge >= 0.3 is 0 Å². The monoisotopic (exact) mass is 528 g/mol. The fourth-order valence-electron chi connectivity index (χ4n) is 3.63. The summed E-state index contributed by atoms with van der Waals surface area (Å²) in [6.07, 6.45) is 1.70. The van der Waals surface area contributed by atoms with Gasteiger partial charge < -0.3 is 14.4 Å². The second-order valence-corrected chi connectivity index (χ2v) is 10.0. The van der Waals surface area contributed by atoms with Gasteiger partial charge in [-0.25, -0.2) is 4.99 Å². The largest absolute Gasteiger partial charge is 0.361 e. The van der Waals surface area contributed by atoms with Gasteiger partial charge in [0.2, 0.25) is 5.79 Å². The zero-order chi connectivity index (χ0) is 21.1. The number of aliphatic imine (C=N–C) groups is 1. The Kier molecular flexibility index (Phi) is 7.33. The van der Waals surface area contributed by atoms with E-state index in [1.165, 1.54) is 0 Å². The molecule has 4 nitrogen and oxygen atoms in total. The van der Waals surface area contributed by atoms with Gasteiger partial charge in [-0.1, -0.05) is 62.9 Å². The molecule has 30 heavy (non-hydrogen) atoms. The number of ether oxygens (including phenoxy) is 2. The van der Waals surface area contributed by atoms with Gasteiger partial charge in [-0.15, -0.1) is 0 Å². The molecule has 2 aliphatic rings. The molecular formula is C22H23BrCl2N2O2S. The molecule has 160 valence electrons. The van der Waals surface area contributed by atoms with Gasteiger partial charge in [0.05, 0.1) is 29.0 Å². The van der Waals surface area contributed by atoms with E-state index in [4.69, 9.17) is 37.7 Å². The van der Waals surface area contributed by atoms with E-state index in [1.807, 2.05) is 30.2 Å². The van der Waals surface area contributed by atoms with Crippen molar-refractivity contribution in [3.63, 3.8) is 0 Å². The first-order valence-corrected chi connectivity index (χ1v) is 12.8. The molecule has 0 aromatic heterocycles. The minimum absolute atomic E-state index is 0.252. The quantitative estimate of drug-likeness (QED) is 0.257. The van der Waals surface area contributed by atoms with Gasteiger partial charge in [0.15, 0.2) is 0 Å². The molecule has 0 aliphatic carbocycles. The van der Waals surface area contributed by atoms with E-state index in [-0.39, 0.29) is 6.10 Å². The summed E-state index contributed by atoms with van der Waals surface area (Å²) in [6.45, 7) is 4.54. The molecule has 0 N–H and O–H groups in total. The molecule has 0 spiro atoms. The first kappa shape index (κ1) is 22.4. The third-order valence-corrected chi connectivity index (χ3v) is 7.48. The van der Waals surface area contributed by atoms with Gasteiger partial charge in [0.25, 0.3) is 0 Å². The predicted molar refractivity (Wildman–Crippen MR) is 130 cm³/mol. The Labute approximate surface area is 200 Å². The number of benzene rings is 2. The molecule has 2 atom stereocenters. The van der Waals surface area contributed by atoms with E-state index in [1.54, 1.807) is 12.1 Å². The van der Waals surface area contributed by atoms with Crippen LogP contribution in [0.1, 0.15) is 22.8 Å². The van der Waals surface area contributed by atoms with Crippen LogP contribution < -0.4 is 0 Å². The SMILES string of the molecule is Cc1ccc(N=CN2CCSCC2)c([C@@H]2CO[C@](CBr)(c3ccc(Cl)cc3Cl)O2)c1. The van der Waals surface area contributed by atoms with Crippen molar-refractivity contribution >= 4 is 62.9 Å². The van der Waals surface area contributed by atoms with Gasteiger partial charge in [0.1, 0.15) is 6.10 Å². The zero-order valence-corrected chi connectivity index (χ0v) is 20.5. The second-order valence-electron chi connectivity index (χ2n) is 7.38. The molecule has 8 heteroatoms. The van der Waals surface area contributed by atoms with E-state index in [2.05, 4.69) is 39.9 Å². The molecule has 2 aliphatic heterocycles. The van der Waals surface area contributed by atoms with Crippen LogP contribution in [0.3, 0.4) is 0 Å². The Hall–Kier alpha value is -0.760. The molecule has 2 aromatic carbocycles. The van der Waals surface area contributed by atoms with E-state index < -0.39 is 5.79 Å². The van der Waals surface area contributed by atoms with Crippen LogP contribution in [0.5, 0.6) is 0 Å². The van der Waals surface area contributed by atoms with Crippen LogP contribution in [0, 0.1) is 6.92 Å². The number of rotatable bonds is 5. The standard InChI is InChI=1S/C22H23BrCl2N2O2S/c1-15-2-5-20(26-14-27-6-8-30-9-7-27)17(10-15)21-12-28-22(13-23,29-21)18-4-3-16(24)11-19(18)25/h2-5,10-11,14,21H,6-9,12-13H2,1H3/t21-,22-/m0/s1. The van der Waals surface area contributed by atoms with Crippen LogP contribution in [-0.4, -0.2) is 47.8 Å². The maximum absolute atomic E-state index is 6.49. The predicted octanol–water partition coefficient (Wildman–Crippen LogP) is 6.35. The molecule has 2 aromatic rings. The maximum Gasteiger partial charge on any atom is 0.207 e. The maximum atomic E-state index is 6.49. The third-order valence-electron chi connectivity index (χ3n) is 5.25. The summed E-state index contributed by atoms with van der Waals surface area (Å²) in [6, 6.07) is 11.6. The number of hydrogen-bond acceptors (Lipinski definition) is 4. The van der Waals surface area contributed by atoms with Gasteiger partial charge in [-0.2, -0.15) is 11.8 Å². The molecule has 0 radical (unpaired) electrons. The van der Waals surface area contributed by atoms with Crippen LogP contribution in [0.15, 0.2) is 41.4 Å². The average molecular weight is 530 g/mol. The first-order chi connectivity index (χ1) is 14.5. The van der Waals surface area contributed by atoms with Gasteiger partial charge in [0, 0.05) is 40.7 Å². The average Bonchev–Trinajstić information content (AvgIpc) is 3.19. The topological polar surface area (TPSA) is 34.1 Å². The van der Waals surface area contributed by atoms with E-state index >= 15 is 0 Å². The fraction of sp³-hybridized carbons (Fsp3) is 0.409. The minimum Gasteiger partial charge on any atom is -0.361 e. The van der Waals surface area contributed by atoms with Crippen LogP contribution in [0.25, 0.3) is 0 Å². The summed E-state index contributed by atoms with van der Waals surface area (Å²) in [5.74, 6) is 1.31. The van der Waals surface area contributed by atoms with Crippen LogP contribution in [0.2, 0.25) is 10.0 Å². The van der Waals surface area contributed by atoms with Crippen LogP contribution in [0.4, 0.5) is 5.69 Å². The Morgan fingerprint density at radius 2 is 2.03 bits per heavy atom. The highest BCUT2D eigenvalue weighted by molar-refractivity contribution is 9.09. The Morgan fingerprint density at radius 1 is 1.23 bits per heavy atom. The highest BCUT2D eigenvalue weighted by Crippen LogP contribution is 2.46. The molecule has 0 bridgehead atoms. The summed E-state index contributed by atoms with van der Waals surface area (Å²) in [5, 5.41) is 1.55. The lowest BCUT2D eigenvalue weighted by Gasteiger charge is -2.27. The van der Waals surface area contributed by atoms with Crippen molar-refractivity contribution in [2.75, 3.05) is 36.5 Å². The van der Waals surface area contributed by atoms with Crippen molar-refractivity contribution in [1.82, 2.24) is 4.90 Å². The molecule has 2 heterocycles. The zero-order valence-electron chi connectivity index (χ0n) is 16.6. The van der Waals surface area contributed by atoms with Crippen molar-refractivity contribution in [3.8, 4) is 0 Å². The highest BCUT2D eigenvalue weighted by Gasteiger charge is 2.44. The number of hydrogen-bond donors (Lipinski definition) is 0. The third kappa shape index (κ3) is 4.84. The Morgan fingerprint density at radius 3 is 2.77 bits per heavy atom. The first-order valence-electron chi connectivity index (χ1n) is 9.80. The van der Waals surface area contributed by atoms with Crippen molar-refractivity contribution in [3.05, 3.63) is 63.1 Å². The fourth-order valence-corrected chi connectivity index (χ4v) is 5.71. The van der Waals surface area contributed by atoms with E-state index in [0.717, 1.165) is 47.0 Å². The smallest absolute Gasteiger partial charge is 0.207 e. The van der Waals surface area contributed by atoms with E-state index in [0.29, 0.717) is 22.0 Å². The van der Waals surface area contributed by atoms with Crippen molar-refractivity contribution in [1.29, 1.82) is 0 Å². The molecule has 2 saturated heterocycles. The summed E-state index contributed by atoms with van der Waals surface area (Å²) in [7, 11) is 0. The Balaban J connectivity index is 1.61. The molecule has 0 amide bonds. The Bertz CT molecular complexity index is 939. The lowest BCUT2D eigenvalue weighted by molar-refractivity contribution is -0.157. The van der Waals surface area contributed by atoms with Crippen molar-refractivity contribution in [2.45, 2.75) is 18.8 Å². The minimum atomic E-state index is -0.971. The number of alkyl halides is 1. The van der Waals surface area contributed by atoms with Crippen molar-refractivity contribution < 1.29 is 9.47 Å².